The van der Waals surface area contributed by atoms with Gasteiger partial charge in [0.2, 0.25) is 0 Å². The van der Waals surface area contributed by atoms with Crippen LogP contribution in [0.4, 0.5) is 18.9 Å². The van der Waals surface area contributed by atoms with Crippen LogP contribution in [0.1, 0.15) is 56.2 Å². The van der Waals surface area contributed by atoms with Crippen LogP contribution in [0, 0.1) is 5.92 Å². The van der Waals surface area contributed by atoms with Crippen LogP contribution < -0.4 is 4.72 Å². The predicted octanol–water partition coefficient (Wildman–Crippen LogP) is 6.29. The van der Waals surface area contributed by atoms with Crippen molar-refractivity contribution >= 4 is 21.5 Å². The van der Waals surface area contributed by atoms with E-state index in [1.807, 2.05) is 37.3 Å². The number of aromatic nitrogens is 1. The quantitative estimate of drug-likeness (QED) is 0.274. The van der Waals surface area contributed by atoms with Crippen LogP contribution in [-0.4, -0.2) is 37.5 Å². The maximum absolute atomic E-state index is 13.7. The van der Waals surface area contributed by atoms with Crippen molar-refractivity contribution in [3.63, 3.8) is 0 Å². The van der Waals surface area contributed by atoms with Gasteiger partial charge in [-0.25, -0.2) is 4.98 Å². The third-order valence-electron chi connectivity index (χ3n) is 7.97. The molecule has 2 aliphatic heterocycles. The molecule has 4 unspecified atom stereocenters. The van der Waals surface area contributed by atoms with Gasteiger partial charge in [-0.1, -0.05) is 55.8 Å². The molecule has 3 heterocycles. The average molecular weight is 603 g/mol. The van der Waals surface area contributed by atoms with E-state index in [-0.39, 0.29) is 30.1 Å². The summed E-state index contributed by atoms with van der Waals surface area (Å²) in [5.41, 5.74) is -0.116. The van der Waals surface area contributed by atoms with Crippen LogP contribution in [0.2, 0.25) is 0 Å². The Labute approximate surface area is 243 Å². The van der Waals surface area contributed by atoms with Crippen LogP contribution in [0.15, 0.2) is 78.0 Å². The molecule has 11 heteroatoms. The maximum atomic E-state index is 13.7. The van der Waals surface area contributed by atoms with Crippen LogP contribution in [-0.2, 0) is 42.5 Å². The Morgan fingerprint density at radius 1 is 1.05 bits per heavy atom. The lowest BCUT2D eigenvalue weighted by atomic mass is 9.73. The molecule has 5 rings (SSSR count). The van der Waals surface area contributed by atoms with Crippen molar-refractivity contribution in [2.75, 3.05) is 4.72 Å². The number of rotatable bonds is 10. The number of alkyl halides is 3. The molecule has 5 atom stereocenters. The van der Waals surface area contributed by atoms with Gasteiger partial charge in [-0.2, -0.15) is 21.6 Å². The predicted molar refractivity (Wildman–Crippen MR) is 150 cm³/mol. The molecule has 0 spiro atoms. The number of sulfonamides is 1. The van der Waals surface area contributed by atoms with Crippen molar-refractivity contribution in [3.05, 3.63) is 89.6 Å². The first-order valence-corrected chi connectivity index (χ1v) is 15.5. The second kappa shape index (κ2) is 11.8. The third-order valence-corrected chi connectivity index (χ3v) is 9.27. The summed E-state index contributed by atoms with van der Waals surface area (Å²) in [6, 6.07) is 18.0. The van der Waals surface area contributed by atoms with E-state index in [0.29, 0.717) is 24.2 Å². The molecule has 0 amide bonds. The smallest absolute Gasteiger partial charge is 0.374 e. The molecule has 1 aromatic heterocycles. The standard InChI is InChI=1S/C31H33F3N2O5S/c1-3-8-25-18-26(37)29(27(40-25)15-13-21-9-5-4-6-10-21)30(20(2)41-30)22-11-7-12-24(17-22)36-42(38,39)28-16-14-23(19-35-28)31(32,33)34/h4-7,9-12,14,16-17,19-20,25,27,29,36H,3,8,13,15,18H2,1-2H3/t20?,25-,27?,29?,30?/m1/s1. The second-order valence-electron chi connectivity index (χ2n) is 10.9. The number of hydrogen-bond acceptors (Lipinski definition) is 6. The highest BCUT2D eigenvalue weighted by Crippen LogP contribution is 2.56. The largest absolute Gasteiger partial charge is 0.417 e. The molecular weight excluding hydrogens is 569 g/mol. The Morgan fingerprint density at radius 2 is 1.79 bits per heavy atom. The maximum Gasteiger partial charge on any atom is 0.417 e. The lowest BCUT2D eigenvalue weighted by Crippen LogP contribution is -2.48. The molecule has 1 N–H and O–H groups in total. The zero-order chi connectivity index (χ0) is 30.1. The number of nitrogens with zero attached hydrogens (tertiary/aromatic N) is 1. The van der Waals surface area contributed by atoms with Gasteiger partial charge in [0.15, 0.2) is 5.03 Å². The molecule has 0 bridgehead atoms. The summed E-state index contributed by atoms with van der Waals surface area (Å²) in [6.45, 7) is 3.93. The number of halogens is 3. The van der Waals surface area contributed by atoms with E-state index in [1.54, 1.807) is 18.2 Å². The van der Waals surface area contributed by atoms with Crippen molar-refractivity contribution in [1.82, 2.24) is 4.98 Å². The van der Waals surface area contributed by atoms with Gasteiger partial charge >= 0.3 is 6.18 Å². The SMILES string of the molecule is CCC[C@@H]1CC(=O)C(C2(c3cccc(NS(=O)(=O)c4ccc(C(F)(F)F)cn4)c3)OC2C)C(CCc2ccccc2)O1. The number of anilines is 1. The summed E-state index contributed by atoms with van der Waals surface area (Å²) in [4.78, 5) is 17.3. The molecule has 2 saturated heterocycles. The number of aryl methyl sites for hydroxylation is 1. The Balaban J connectivity index is 1.41. The summed E-state index contributed by atoms with van der Waals surface area (Å²) in [5.74, 6) is -0.533. The van der Waals surface area contributed by atoms with Crippen LogP contribution in [0.5, 0.6) is 0 Å². The molecule has 224 valence electrons. The number of benzene rings is 2. The fraction of sp³-hybridized carbons (Fsp3) is 0.419. The first-order valence-electron chi connectivity index (χ1n) is 14.0. The number of carbonyl (C=O) groups excluding carboxylic acids is 1. The van der Waals surface area contributed by atoms with Gasteiger partial charge in [0.25, 0.3) is 10.0 Å². The van der Waals surface area contributed by atoms with Crippen LogP contribution in [0.3, 0.4) is 0 Å². The molecule has 0 saturated carbocycles. The number of ether oxygens (including phenoxy) is 2. The van der Waals surface area contributed by atoms with Gasteiger partial charge in [0.05, 0.1) is 29.8 Å². The molecule has 7 nitrogen and oxygen atoms in total. The first-order chi connectivity index (χ1) is 19.9. The van der Waals surface area contributed by atoms with E-state index in [2.05, 4.69) is 16.6 Å². The van der Waals surface area contributed by atoms with Crippen molar-refractivity contribution in [2.24, 2.45) is 5.92 Å². The minimum absolute atomic E-state index is 0.0575. The van der Waals surface area contributed by atoms with Gasteiger partial charge < -0.3 is 9.47 Å². The fourth-order valence-corrected chi connectivity index (χ4v) is 6.92. The fourth-order valence-electron chi connectivity index (χ4n) is 5.94. The van der Waals surface area contributed by atoms with E-state index < -0.39 is 44.4 Å². The number of nitrogens with one attached hydrogen (secondary N) is 1. The first kappa shape index (κ1) is 30.2. The highest BCUT2D eigenvalue weighted by atomic mass is 32.2. The van der Waals surface area contributed by atoms with E-state index >= 15 is 0 Å². The van der Waals surface area contributed by atoms with Crippen LogP contribution >= 0.6 is 0 Å². The van der Waals surface area contributed by atoms with Gasteiger partial charge in [0.1, 0.15) is 11.4 Å². The van der Waals surface area contributed by atoms with Gasteiger partial charge in [-0.05, 0) is 61.6 Å². The molecule has 3 aromatic rings. The number of ketones is 1. The summed E-state index contributed by atoms with van der Waals surface area (Å²) in [6.07, 6.45) is -1.75. The molecule has 2 fully saturated rings. The zero-order valence-electron chi connectivity index (χ0n) is 23.3. The Morgan fingerprint density at radius 3 is 2.40 bits per heavy atom. The van der Waals surface area contributed by atoms with Crippen molar-refractivity contribution < 1.29 is 35.9 Å². The van der Waals surface area contributed by atoms with Crippen molar-refractivity contribution in [2.45, 2.75) is 81.1 Å². The van der Waals surface area contributed by atoms with E-state index in [1.165, 1.54) is 6.07 Å². The highest BCUT2D eigenvalue weighted by Gasteiger charge is 2.65. The number of epoxide rings is 1. The van der Waals surface area contributed by atoms with Gasteiger partial charge in [0, 0.05) is 18.3 Å². The van der Waals surface area contributed by atoms with E-state index in [9.17, 15) is 26.4 Å². The number of pyridine rings is 1. The Hall–Kier alpha value is -3.28. The molecule has 0 radical (unpaired) electrons. The zero-order valence-corrected chi connectivity index (χ0v) is 24.1. The van der Waals surface area contributed by atoms with Gasteiger partial charge in [-0.15, -0.1) is 0 Å². The molecule has 2 aromatic carbocycles. The van der Waals surface area contributed by atoms with Crippen LogP contribution in [0.25, 0.3) is 0 Å². The van der Waals surface area contributed by atoms with E-state index in [4.69, 9.17) is 9.47 Å². The summed E-state index contributed by atoms with van der Waals surface area (Å²) < 4.78 is 79.8. The normalized spacial score (nSPS) is 26.2. The minimum atomic E-state index is -4.64. The van der Waals surface area contributed by atoms with E-state index in [0.717, 1.165) is 30.9 Å². The molecular formula is C31H33F3N2O5S. The Bertz CT molecular complexity index is 1520. The number of Topliss-reactive ketones (excluding diaryl/α,β-unsaturated/α-hetero) is 1. The minimum Gasteiger partial charge on any atom is -0.374 e. The Kier molecular flexibility index (Phi) is 8.46. The summed E-state index contributed by atoms with van der Waals surface area (Å²) in [7, 11) is -4.29. The summed E-state index contributed by atoms with van der Waals surface area (Å²) >= 11 is 0. The van der Waals surface area contributed by atoms with Crippen molar-refractivity contribution in [3.8, 4) is 0 Å². The van der Waals surface area contributed by atoms with Crippen molar-refractivity contribution in [1.29, 1.82) is 0 Å². The monoisotopic (exact) mass is 602 g/mol. The lowest BCUT2D eigenvalue weighted by Gasteiger charge is -2.39. The molecule has 2 aliphatic rings. The topological polar surface area (TPSA) is 97.9 Å². The second-order valence-corrected chi connectivity index (χ2v) is 12.5. The third kappa shape index (κ3) is 6.23. The number of hydrogen-bond donors (Lipinski definition) is 1. The average Bonchev–Trinajstić information content (AvgIpc) is 3.63. The highest BCUT2D eigenvalue weighted by molar-refractivity contribution is 7.92. The molecule has 42 heavy (non-hydrogen) atoms. The molecule has 0 aliphatic carbocycles. The summed E-state index contributed by atoms with van der Waals surface area (Å²) in [5, 5.41) is -0.551. The van der Waals surface area contributed by atoms with Gasteiger partial charge in [-0.3, -0.25) is 9.52 Å². The number of carbonyl (C=O) groups is 1. The lowest BCUT2D eigenvalue weighted by molar-refractivity contribution is -0.154.